The van der Waals surface area contributed by atoms with Gasteiger partial charge in [-0.15, -0.1) is 6.58 Å². The molecule has 1 rings (SSSR count). The lowest BCUT2D eigenvalue weighted by atomic mass is 10.4. The van der Waals surface area contributed by atoms with Crippen LogP contribution in [0.5, 0.6) is 0 Å². The molecule has 1 amide bonds. The summed E-state index contributed by atoms with van der Waals surface area (Å²) in [6, 6.07) is 0. The van der Waals surface area contributed by atoms with E-state index in [1.807, 2.05) is 6.92 Å². The molecule has 0 fully saturated rings. The van der Waals surface area contributed by atoms with E-state index in [4.69, 9.17) is 0 Å². The second-order valence-corrected chi connectivity index (χ2v) is 4.02. The molecule has 0 unspecified atom stereocenters. The number of carbonyl (C=O) groups excluding carboxylic acids is 1. The summed E-state index contributed by atoms with van der Waals surface area (Å²) in [6.45, 7) is 5.87. The van der Waals surface area contributed by atoms with Gasteiger partial charge in [-0.1, -0.05) is 17.8 Å². The van der Waals surface area contributed by atoms with Crippen LogP contribution in [0.1, 0.15) is 6.92 Å². The summed E-state index contributed by atoms with van der Waals surface area (Å²) < 4.78 is 0. The third-order valence-corrected chi connectivity index (χ3v) is 2.57. The Hall–Kier alpha value is -1.23. The first-order valence-corrected chi connectivity index (χ1v) is 5.16. The van der Waals surface area contributed by atoms with Crippen LogP contribution in [0.2, 0.25) is 0 Å². The Morgan fingerprint density at radius 3 is 3.29 bits per heavy atom. The Morgan fingerprint density at radius 1 is 1.93 bits per heavy atom. The van der Waals surface area contributed by atoms with Crippen molar-refractivity contribution in [2.75, 3.05) is 6.54 Å². The smallest absolute Gasteiger partial charge is 0.233 e. The van der Waals surface area contributed by atoms with Gasteiger partial charge in [0.2, 0.25) is 5.91 Å². The molecule has 0 radical (unpaired) electrons. The van der Waals surface area contributed by atoms with Gasteiger partial charge in [-0.3, -0.25) is 4.79 Å². The second-order valence-electron chi connectivity index (χ2n) is 2.69. The van der Waals surface area contributed by atoms with E-state index < -0.39 is 0 Å². The van der Waals surface area contributed by atoms with Crippen LogP contribution in [-0.4, -0.2) is 27.7 Å². The van der Waals surface area contributed by atoms with Crippen LogP contribution in [0.4, 0.5) is 0 Å². The third-order valence-electron chi connectivity index (χ3n) is 1.55. The molecule has 0 bridgehead atoms. The van der Waals surface area contributed by atoms with Gasteiger partial charge in [0.15, 0.2) is 5.16 Å². The minimum absolute atomic E-state index is 0.00806. The van der Waals surface area contributed by atoms with Crippen LogP contribution in [0.15, 0.2) is 30.2 Å². The van der Waals surface area contributed by atoms with E-state index in [9.17, 15) is 4.79 Å². The maximum absolute atomic E-state index is 11.4. The first-order valence-electron chi connectivity index (χ1n) is 4.28. The molecular weight excluding hydrogens is 198 g/mol. The van der Waals surface area contributed by atoms with Gasteiger partial charge in [0.25, 0.3) is 0 Å². The van der Waals surface area contributed by atoms with Gasteiger partial charge in [-0.25, -0.2) is 4.98 Å². The predicted molar refractivity (Wildman–Crippen MR) is 57.1 cm³/mol. The zero-order valence-electron chi connectivity index (χ0n) is 7.99. The van der Waals surface area contributed by atoms with Crippen molar-refractivity contribution in [3.05, 3.63) is 25.0 Å². The monoisotopic (exact) mass is 211 g/mol. The van der Waals surface area contributed by atoms with Gasteiger partial charge >= 0.3 is 0 Å². The Kier molecular flexibility index (Phi) is 4.25. The molecule has 0 saturated carbocycles. The van der Waals surface area contributed by atoms with E-state index >= 15 is 0 Å². The number of aromatic nitrogens is 2. The number of aromatic amines is 1. The standard InChI is InChI=1S/C9H13N3OS/c1-3-4-10-8(13)7(2)14-9-11-5-6-12-9/h3,5-7H,1,4H2,2H3,(H,10,13)(H,11,12)/t7-/m0/s1. The number of imidazole rings is 1. The lowest BCUT2D eigenvalue weighted by Gasteiger charge is -2.08. The van der Waals surface area contributed by atoms with Crippen molar-refractivity contribution in [2.24, 2.45) is 0 Å². The summed E-state index contributed by atoms with van der Waals surface area (Å²) in [7, 11) is 0. The largest absolute Gasteiger partial charge is 0.352 e. The molecule has 0 aliphatic rings. The van der Waals surface area contributed by atoms with Gasteiger partial charge in [-0.2, -0.15) is 0 Å². The van der Waals surface area contributed by atoms with Gasteiger partial charge in [0, 0.05) is 18.9 Å². The second kappa shape index (κ2) is 5.49. The van der Waals surface area contributed by atoms with Gasteiger partial charge in [-0.05, 0) is 6.92 Å². The number of thioether (sulfide) groups is 1. The molecule has 1 heterocycles. The zero-order chi connectivity index (χ0) is 10.4. The highest BCUT2D eigenvalue weighted by atomic mass is 32.2. The van der Waals surface area contributed by atoms with E-state index in [0.29, 0.717) is 6.54 Å². The van der Waals surface area contributed by atoms with Crippen molar-refractivity contribution in [1.82, 2.24) is 15.3 Å². The van der Waals surface area contributed by atoms with E-state index in [-0.39, 0.29) is 11.2 Å². The molecule has 0 aliphatic carbocycles. The highest BCUT2D eigenvalue weighted by molar-refractivity contribution is 8.00. The zero-order valence-corrected chi connectivity index (χ0v) is 8.80. The molecule has 5 heteroatoms. The highest BCUT2D eigenvalue weighted by Crippen LogP contribution is 2.18. The van der Waals surface area contributed by atoms with Crippen molar-refractivity contribution < 1.29 is 4.79 Å². The maximum atomic E-state index is 11.4. The minimum atomic E-state index is -0.152. The number of H-pyrrole nitrogens is 1. The maximum Gasteiger partial charge on any atom is 0.233 e. The Bertz CT molecular complexity index is 297. The number of nitrogens with one attached hydrogen (secondary N) is 2. The minimum Gasteiger partial charge on any atom is -0.352 e. The van der Waals surface area contributed by atoms with Crippen molar-refractivity contribution in [1.29, 1.82) is 0 Å². The van der Waals surface area contributed by atoms with E-state index in [1.165, 1.54) is 11.8 Å². The number of hydrogen-bond donors (Lipinski definition) is 2. The van der Waals surface area contributed by atoms with Crippen molar-refractivity contribution in [3.8, 4) is 0 Å². The first kappa shape index (κ1) is 10.8. The number of carbonyl (C=O) groups is 1. The number of rotatable bonds is 5. The van der Waals surface area contributed by atoms with Gasteiger partial charge in [0.05, 0.1) is 5.25 Å². The van der Waals surface area contributed by atoms with Gasteiger partial charge in [0.1, 0.15) is 0 Å². The molecule has 0 saturated heterocycles. The first-order chi connectivity index (χ1) is 6.74. The van der Waals surface area contributed by atoms with E-state index in [1.54, 1.807) is 18.5 Å². The summed E-state index contributed by atoms with van der Waals surface area (Å²) in [5.41, 5.74) is 0. The summed E-state index contributed by atoms with van der Waals surface area (Å²) in [6.07, 6.45) is 5.05. The average Bonchev–Trinajstić information content (AvgIpc) is 2.66. The summed E-state index contributed by atoms with van der Waals surface area (Å²) >= 11 is 1.40. The molecule has 76 valence electrons. The summed E-state index contributed by atoms with van der Waals surface area (Å²) in [4.78, 5) is 18.4. The van der Waals surface area contributed by atoms with E-state index in [2.05, 4.69) is 21.9 Å². The third kappa shape index (κ3) is 3.26. The normalized spacial score (nSPS) is 12.1. The molecule has 0 spiro atoms. The average molecular weight is 211 g/mol. The molecular formula is C9H13N3OS. The van der Waals surface area contributed by atoms with Crippen LogP contribution in [0.3, 0.4) is 0 Å². The summed E-state index contributed by atoms with van der Waals surface area (Å²) in [5, 5.41) is 3.33. The SMILES string of the molecule is C=CCNC(=O)[C@H](C)Sc1ncc[nH]1. The molecule has 1 aromatic rings. The lowest BCUT2D eigenvalue weighted by Crippen LogP contribution is -2.30. The quantitative estimate of drug-likeness (QED) is 0.568. The number of amides is 1. The number of nitrogens with zero attached hydrogens (tertiary/aromatic N) is 1. The Labute approximate surface area is 87.2 Å². The Morgan fingerprint density at radius 2 is 2.71 bits per heavy atom. The molecule has 1 atom stereocenters. The van der Waals surface area contributed by atoms with Crippen LogP contribution >= 0.6 is 11.8 Å². The molecule has 0 aromatic carbocycles. The van der Waals surface area contributed by atoms with Crippen molar-refractivity contribution in [3.63, 3.8) is 0 Å². The lowest BCUT2D eigenvalue weighted by molar-refractivity contribution is -0.120. The van der Waals surface area contributed by atoms with Crippen LogP contribution in [0, 0.1) is 0 Å². The fraction of sp³-hybridized carbons (Fsp3) is 0.333. The highest BCUT2D eigenvalue weighted by Gasteiger charge is 2.14. The molecule has 0 aliphatic heterocycles. The van der Waals surface area contributed by atoms with Crippen LogP contribution in [0.25, 0.3) is 0 Å². The van der Waals surface area contributed by atoms with Crippen molar-refractivity contribution in [2.45, 2.75) is 17.3 Å². The van der Waals surface area contributed by atoms with E-state index in [0.717, 1.165) is 5.16 Å². The van der Waals surface area contributed by atoms with Crippen LogP contribution < -0.4 is 5.32 Å². The molecule has 1 aromatic heterocycles. The molecule has 14 heavy (non-hydrogen) atoms. The fourth-order valence-electron chi connectivity index (χ4n) is 0.853. The summed E-state index contributed by atoms with van der Waals surface area (Å²) in [5.74, 6) is -0.00806. The molecule has 2 N–H and O–H groups in total. The molecule has 4 nitrogen and oxygen atoms in total. The Balaban J connectivity index is 2.37. The topological polar surface area (TPSA) is 57.8 Å². The number of hydrogen-bond acceptors (Lipinski definition) is 3. The van der Waals surface area contributed by atoms with Crippen molar-refractivity contribution >= 4 is 17.7 Å². The van der Waals surface area contributed by atoms with Gasteiger partial charge < -0.3 is 10.3 Å². The predicted octanol–water partition coefficient (Wildman–Crippen LogP) is 1.19. The fourth-order valence-corrected chi connectivity index (χ4v) is 1.64. The van der Waals surface area contributed by atoms with Crippen LogP contribution in [-0.2, 0) is 4.79 Å².